The van der Waals surface area contributed by atoms with Gasteiger partial charge in [-0.25, -0.2) is 0 Å². The lowest BCUT2D eigenvalue weighted by atomic mass is 10.2. The Morgan fingerprint density at radius 3 is 2.50 bits per heavy atom. The highest BCUT2D eigenvalue weighted by Crippen LogP contribution is 2.01. The summed E-state index contributed by atoms with van der Waals surface area (Å²) in [6.07, 6.45) is 1.70. The molecule has 2 aromatic rings. The van der Waals surface area contributed by atoms with Crippen molar-refractivity contribution < 1.29 is 4.79 Å². The van der Waals surface area contributed by atoms with Crippen LogP contribution in [0.15, 0.2) is 53.5 Å². The van der Waals surface area contributed by atoms with Gasteiger partial charge in [0, 0.05) is 12.2 Å². The van der Waals surface area contributed by atoms with E-state index in [4.69, 9.17) is 0 Å². The fourth-order valence-electron chi connectivity index (χ4n) is 1.95. The average molecular weight is 270 g/mol. The first-order valence-electron chi connectivity index (χ1n) is 6.62. The number of hydrogen-bond donors (Lipinski definition) is 1. The zero-order valence-electron chi connectivity index (χ0n) is 11.7. The molecule has 1 heterocycles. The highest BCUT2D eigenvalue weighted by Gasteiger charge is 2.12. The Labute approximate surface area is 118 Å². The number of rotatable bonds is 4. The topological polar surface area (TPSA) is 51.1 Å². The molecule has 0 bridgehead atoms. The van der Waals surface area contributed by atoms with Crippen LogP contribution < -0.4 is 10.9 Å². The molecule has 0 spiro atoms. The molecule has 0 atom stereocenters. The number of carbonyl (C=O) groups is 1. The first kappa shape index (κ1) is 14.1. The second kappa shape index (κ2) is 6.19. The Balaban J connectivity index is 2.28. The maximum absolute atomic E-state index is 12.3. The number of nitrogens with zero attached hydrogens (tertiary/aromatic N) is 1. The quantitative estimate of drug-likeness (QED) is 0.924. The van der Waals surface area contributed by atoms with Crippen molar-refractivity contribution in [2.24, 2.45) is 0 Å². The molecule has 0 aliphatic heterocycles. The van der Waals surface area contributed by atoms with Crippen molar-refractivity contribution in [3.63, 3.8) is 0 Å². The number of hydrogen-bond acceptors (Lipinski definition) is 2. The van der Waals surface area contributed by atoms with Gasteiger partial charge in [0.15, 0.2) is 0 Å². The van der Waals surface area contributed by atoms with Crippen LogP contribution in [0, 0.1) is 0 Å². The van der Waals surface area contributed by atoms with Crippen molar-refractivity contribution in [3.05, 3.63) is 70.1 Å². The van der Waals surface area contributed by atoms with Gasteiger partial charge in [0.1, 0.15) is 5.56 Å². The smallest absolute Gasteiger partial charge is 0.263 e. The van der Waals surface area contributed by atoms with Crippen LogP contribution in [0.3, 0.4) is 0 Å². The maximum atomic E-state index is 12.3. The lowest BCUT2D eigenvalue weighted by Gasteiger charge is -2.10. The summed E-state index contributed by atoms with van der Waals surface area (Å²) in [6, 6.07) is 13.0. The average Bonchev–Trinajstić information content (AvgIpc) is 2.41. The molecule has 0 fully saturated rings. The molecule has 0 saturated heterocycles. The minimum absolute atomic E-state index is 0.00433. The zero-order chi connectivity index (χ0) is 14.5. The Kier molecular flexibility index (Phi) is 4.35. The van der Waals surface area contributed by atoms with Crippen molar-refractivity contribution in [3.8, 4) is 0 Å². The minimum Gasteiger partial charge on any atom is -0.350 e. The van der Waals surface area contributed by atoms with E-state index in [0.717, 1.165) is 5.56 Å². The second-order valence-corrected chi connectivity index (χ2v) is 4.97. The largest absolute Gasteiger partial charge is 0.350 e. The van der Waals surface area contributed by atoms with Gasteiger partial charge in [-0.15, -0.1) is 0 Å². The van der Waals surface area contributed by atoms with E-state index in [1.165, 1.54) is 0 Å². The van der Waals surface area contributed by atoms with Gasteiger partial charge in [0.05, 0.1) is 6.54 Å². The number of amides is 1. The third kappa shape index (κ3) is 3.35. The molecule has 0 saturated carbocycles. The van der Waals surface area contributed by atoms with Crippen LogP contribution in [-0.4, -0.2) is 16.5 Å². The van der Waals surface area contributed by atoms with Crippen LogP contribution in [-0.2, 0) is 6.54 Å². The van der Waals surface area contributed by atoms with E-state index in [-0.39, 0.29) is 23.1 Å². The zero-order valence-corrected chi connectivity index (χ0v) is 11.7. The van der Waals surface area contributed by atoms with Crippen LogP contribution in [0.2, 0.25) is 0 Å². The third-order valence-corrected chi connectivity index (χ3v) is 2.88. The molecule has 1 aromatic carbocycles. The summed E-state index contributed by atoms with van der Waals surface area (Å²) in [7, 11) is 0. The number of aromatic nitrogens is 1. The van der Waals surface area contributed by atoms with Crippen molar-refractivity contribution in [2.75, 3.05) is 0 Å². The molecule has 1 N–H and O–H groups in total. The van der Waals surface area contributed by atoms with Crippen molar-refractivity contribution >= 4 is 5.91 Å². The number of benzene rings is 1. The molecule has 1 aromatic heterocycles. The molecular weight excluding hydrogens is 252 g/mol. The Morgan fingerprint density at radius 2 is 1.85 bits per heavy atom. The molecule has 4 nitrogen and oxygen atoms in total. The van der Waals surface area contributed by atoms with E-state index in [2.05, 4.69) is 5.32 Å². The van der Waals surface area contributed by atoms with Crippen molar-refractivity contribution in [1.82, 2.24) is 9.88 Å². The van der Waals surface area contributed by atoms with E-state index in [9.17, 15) is 9.59 Å². The standard InChI is InChI=1S/C16H18N2O2/c1-12(2)17-15(19)14-9-6-10-18(16(14)20)11-13-7-4-3-5-8-13/h3-10,12H,11H2,1-2H3,(H,17,19). The summed E-state index contributed by atoms with van der Waals surface area (Å²) in [6.45, 7) is 4.19. The Bertz CT molecular complexity index is 645. The summed E-state index contributed by atoms with van der Waals surface area (Å²) >= 11 is 0. The van der Waals surface area contributed by atoms with Crippen molar-refractivity contribution in [1.29, 1.82) is 0 Å². The van der Waals surface area contributed by atoms with Gasteiger partial charge in [0.2, 0.25) is 0 Å². The number of carbonyl (C=O) groups excluding carboxylic acids is 1. The first-order valence-corrected chi connectivity index (χ1v) is 6.62. The van der Waals surface area contributed by atoms with Crippen LogP contribution in [0.4, 0.5) is 0 Å². The molecule has 2 rings (SSSR count). The molecular formula is C16H18N2O2. The molecule has 20 heavy (non-hydrogen) atoms. The second-order valence-electron chi connectivity index (χ2n) is 4.97. The molecule has 104 valence electrons. The first-order chi connectivity index (χ1) is 9.58. The fraction of sp³-hybridized carbons (Fsp3) is 0.250. The van der Waals surface area contributed by atoms with E-state index in [1.807, 2.05) is 44.2 Å². The summed E-state index contributed by atoms with van der Waals surface area (Å²) in [4.78, 5) is 24.3. The van der Waals surface area contributed by atoms with Crippen LogP contribution in [0.25, 0.3) is 0 Å². The monoisotopic (exact) mass is 270 g/mol. The molecule has 0 aliphatic rings. The molecule has 0 aliphatic carbocycles. The van der Waals surface area contributed by atoms with Crippen LogP contribution >= 0.6 is 0 Å². The fourth-order valence-corrected chi connectivity index (χ4v) is 1.95. The predicted molar refractivity (Wildman–Crippen MR) is 78.8 cm³/mol. The molecule has 0 unspecified atom stereocenters. The number of nitrogens with one attached hydrogen (secondary N) is 1. The highest BCUT2D eigenvalue weighted by atomic mass is 16.2. The Morgan fingerprint density at radius 1 is 1.15 bits per heavy atom. The normalized spacial score (nSPS) is 10.6. The van der Waals surface area contributed by atoms with Gasteiger partial charge in [-0.1, -0.05) is 30.3 Å². The minimum atomic E-state index is -0.326. The summed E-state index contributed by atoms with van der Waals surface area (Å²) < 4.78 is 1.55. The van der Waals surface area contributed by atoms with Gasteiger partial charge in [0.25, 0.3) is 11.5 Å². The maximum Gasteiger partial charge on any atom is 0.263 e. The molecule has 1 amide bonds. The SMILES string of the molecule is CC(C)NC(=O)c1cccn(Cc2ccccc2)c1=O. The van der Waals surface area contributed by atoms with Gasteiger partial charge in [-0.2, -0.15) is 0 Å². The highest BCUT2D eigenvalue weighted by molar-refractivity contribution is 5.93. The van der Waals surface area contributed by atoms with Crippen LogP contribution in [0.5, 0.6) is 0 Å². The summed E-state index contributed by atoms with van der Waals surface area (Å²) in [5.74, 6) is -0.326. The number of pyridine rings is 1. The molecule has 0 radical (unpaired) electrons. The predicted octanol–water partition coefficient (Wildman–Crippen LogP) is 2.03. The lowest BCUT2D eigenvalue weighted by Crippen LogP contribution is -2.36. The van der Waals surface area contributed by atoms with E-state index >= 15 is 0 Å². The van der Waals surface area contributed by atoms with Crippen LogP contribution in [0.1, 0.15) is 29.8 Å². The lowest BCUT2D eigenvalue weighted by molar-refractivity contribution is 0.0941. The van der Waals surface area contributed by atoms with E-state index in [0.29, 0.717) is 6.54 Å². The van der Waals surface area contributed by atoms with Gasteiger partial charge >= 0.3 is 0 Å². The van der Waals surface area contributed by atoms with E-state index < -0.39 is 0 Å². The van der Waals surface area contributed by atoms with Crippen molar-refractivity contribution in [2.45, 2.75) is 26.4 Å². The summed E-state index contributed by atoms with van der Waals surface area (Å²) in [5, 5.41) is 2.74. The molecule has 4 heteroatoms. The van der Waals surface area contributed by atoms with Gasteiger partial charge in [-0.05, 0) is 31.5 Å². The van der Waals surface area contributed by atoms with Gasteiger partial charge < -0.3 is 9.88 Å². The van der Waals surface area contributed by atoms with Gasteiger partial charge in [-0.3, -0.25) is 9.59 Å². The Hall–Kier alpha value is -2.36. The third-order valence-electron chi connectivity index (χ3n) is 2.88. The van der Waals surface area contributed by atoms with E-state index in [1.54, 1.807) is 22.9 Å². The summed E-state index contributed by atoms with van der Waals surface area (Å²) in [5.41, 5.74) is 0.933.